The lowest BCUT2D eigenvalue weighted by Gasteiger charge is -2.24. The Morgan fingerprint density at radius 2 is 0.750 bits per heavy atom. The minimum atomic E-state index is -6.00. The topological polar surface area (TPSA) is 4.44 Å². The second kappa shape index (κ2) is 12.6. The van der Waals surface area contributed by atoms with Crippen LogP contribution in [-0.2, 0) is 0 Å². The molecule has 0 aromatic heterocycles. The summed E-state index contributed by atoms with van der Waals surface area (Å²) in [5.74, 6) is 0. The van der Waals surface area contributed by atoms with E-state index < -0.39 is 21.8 Å². The number of nitrogens with one attached hydrogen (secondary N) is 1. The molecule has 0 unspecified atom stereocenters. The van der Waals surface area contributed by atoms with Gasteiger partial charge in [0.2, 0.25) is 0 Å². The van der Waals surface area contributed by atoms with Crippen LogP contribution in [0.15, 0.2) is 0 Å². The Morgan fingerprint density at radius 3 is 0.875 bits per heavy atom. The summed E-state index contributed by atoms with van der Waals surface area (Å²) in [6.45, 7) is 0. The molecule has 1 aliphatic carbocycles. The third-order valence-corrected chi connectivity index (χ3v) is 2.42. The predicted molar refractivity (Wildman–Crippen MR) is 70.2 cm³/mol. The Balaban J connectivity index is -0.000000259. The van der Waals surface area contributed by atoms with Gasteiger partial charge in [-0.1, -0.05) is 6.42 Å². The molecule has 24 heavy (non-hydrogen) atoms. The Morgan fingerprint density at radius 1 is 0.542 bits per heavy atom. The van der Waals surface area contributed by atoms with Crippen molar-refractivity contribution < 1.29 is 56.7 Å². The summed E-state index contributed by atoms with van der Waals surface area (Å²) < 4.78 is 117. The maximum atomic E-state index is 9.75. The lowest BCUT2D eigenvalue weighted by molar-refractivity contribution is -0.887. The lowest BCUT2D eigenvalue weighted by Crippen LogP contribution is -3.10. The summed E-state index contributed by atoms with van der Waals surface area (Å²) in [4.78, 5) is 1.65. The van der Waals surface area contributed by atoms with Crippen molar-refractivity contribution in [3.05, 3.63) is 0 Å². The van der Waals surface area contributed by atoms with Gasteiger partial charge in [-0.15, -0.1) is 0 Å². The molecule has 0 atom stereocenters. The quantitative estimate of drug-likeness (QED) is 0.503. The van der Waals surface area contributed by atoms with E-state index >= 15 is 0 Å². The fourth-order valence-electron chi connectivity index (χ4n) is 1.68. The first-order chi connectivity index (χ1) is 10.3. The van der Waals surface area contributed by atoms with E-state index in [0.717, 1.165) is 6.04 Å². The molecule has 1 rings (SSSR count). The van der Waals surface area contributed by atoms with E-state index in [-0.39, 0.29) is 0 Å². The first-order valence-electron chi connectivity index (χ1n) is 6.72. The zero-order valence-corrected chi connectivity index (χ0v) is 12.9. The zero-order valence-electron chi connectivity index (χ0n) is 12.9. The van der Waals surface area contributed by atoms with Gasteiger partial charge in [0.25, 0.3) is 0 Å². The monoisotopic (exact) mass is 389 g/mol. The number of halogens is 12. The van der Waals surface area contributed by atoms with Gasteiger partial charge in [0, 0.05) is 0 Å². The summed E-state index contributed by atoms with van der Waals surface area (Å²) >= 11 is 0. The maximum Gasteiger partial charge on any atom is 0.673 e. The molecule has 1 nitrogen and oxygen atoms in total. The van der Waals surface area contributed by atoms with Gasteiger partial charge >= 0.3 is 21.8 Å². The van der Waals surface area contributed by atoms with E-state index in [2.05, 4.69) is 14.1 Å². The molecule has 1 saturated carbocycles. The highest BCUT2D eigenvalue weighted by Crippen LogP contribution is 2.14. The highest BCUT2D eigenvalue weighted by Gasteiger charge is 2.21. The molecule has 1 aliphatic rings. The smallest absolute Gasteiger partial charge is 0.418 e. The van der Waals surface area contributed by atoms with Crippen molar-refractivity contribution in [2.24, 2.45) is 0 Å². The number of rotatable bonds is 1. The van der Waals surface area contributed by atoms with Crippen molar-refractivity contribution >= 4 is 21.8 Å². The molecule has 16 heteroatoms. The average Bonchev–Trinajstić information content (AvgIpc) is 2.23. The van der Waals surface area contributed by atoms with Gasteiger partial charge < -0.3 is 56.7 Å². The van der Waals surface area contributed by atoms with Crippen LogP contribution in [0.4, 0.5) is 51.8 Å². The predicted octanol–water partition coefficient (Wildman–Crippen LogP) is 4.36. The number of hydrogen-bond acceptors (Lipinski definition) is 0. The fourth-order valence-corrected chi connectivity index (χ4v) is 1.68. The van der Waals surface area contributed by atoms with Crippen LogP contribution in [0, 0.1) is 0 Å². The molecule has 0 spiro atoms. The van der Waals surface area contributed by atoms with Crippen LogP contribution in [0.3, 0.4) is 0 Å². The van der Waals surface area contributed by atoms with Crippen LogP contribution in [0.2, 0.25) is 0 Å². The molecule has 0 radical (unpaired) electrons. The Kier molecular flexibility index (Phi) is 14.8. The van der Waals surface area contributed by atoms with E-state index in [0.29, 0.717) is 0 Å². The van der Waals surface area contributed by atoms with E-state index in [1.54, 1.807) is 4.90 Å². The van der Waals surface area contributed by atoms with Crippen molar-refractivity contribution in [3.63, 3.8) is 0 Å². The fraction of sp³-hybridized carbons (Fsp3) is 1.00. The van der Waals surface area contributed by atoms with Crippen molar-refractivity contribution in [3.8, 4) is 0 Å². The van der Waals surface area contributed by atoms with Gasteiger partial charge in [-0.25, -0.2) is 0 Å². The second-order valence-electron chi connectivity index (χ2n) is 4.90. The highest BCUT2D eigenvalue weighted by atomic mass is 19.5. The minimum Gasteiger partial charge on any atom is -0.418 e. The lowest BCUT2D eigenvalue weighted by atomic mass is 9.95. The van der Waals surface area contributed by atoms with E-state index in [1.165, 1.54) is 32.1 Å². The molecular formula is C8H18B3F12N-2. The average molecular weight is 389 g/mol. The van der Waals surface area contributed by atoms with Gasteiger partial charge in [-0.05, 0) is 25.7 Å². The molecule has 1 N–H and O–H groups in total. The van der Waals surface area contributed by atoms with E-state index in [9.17, 15) is 51.8 Å². The van der Waals surface area contributed by atoms with Crippen LogP contribution in [0.25, 0.3) is 0 Å². The van der Waals surface area contributed by atoms with Crippen LogP contribution in [0.1, 0.15) is 32.1 Å². The summed E-state index contributed by atoms with van der Waals surface area (Å²) in [6, 6.07) is 0.971. The van der Waals surface area contributed by atoms with Gasteiger partial charge in [-0.3, -0.25) is 0 Å². The Labute approximate surface area is 132 Å². The minimum absolute atomic E-state index is 0.971. The molecule has 0 bridgehead atoms. The van der Waals surface area contributed by atoms with Crippen LogP contribution >= 0.6 is 0 Å². The summed E-state index contributed by atoms with van der Waals surface area (Å²) in [7, 11) is -13.5. The maximum absolute atomic E-state index is 9.75. The molecule has 0 amide bonds. The molecule has 0 aliphatic heterocycles. The molecular weight excluding hydrogens is 371 g/mol. The molecule has 0 aromatic rings. The van der Waals surface area contributed by atoms with Crippen LogP contribution < -0.4 is 4.90 Å². The normalized spacial score (nSPS) is 16.1. The number of hydrogen-bond donors (Lipinski definition) is 1. The summed E-state index contributed by atoms with van der Waals surface area (Å²) in [6.07, 6.45) is 7.33. The van der Waals surface area contributed by atoms with E-state index in [4.69, 9.17) is 0 Å². The SMILES string of the molecule is C[NH+](C)C1CCCCC1.F[B-](F)(F)F.F[B-](F)(F)F.F[B-](F)(F)F. The van der Waals surface area contributed by atoms with Gasteiger partial charge in [0.1, 0.15) is 0 Å². The standard InChI is InChI=1S/C8H17N.3BF4/c1-9(2)8-6-4-3-5-7-8;3*2-1(3,4)5/h8H,3-7H2,1-2H3;;;/q;3*-1/p+1. The summed E-state index contributed by atoms with van der Waals surface area (Å²) in [5.41, 5.74) is 0. The first kappa shape index (κ1) is 28.1. The van der Waals surface area contributed by atoms with Crippen molar-refractivity contribution in [1.82, 2.24) is 0 Å². The van der Waals surface area contributed by atoms with Crippen molar-refractivity contribution in [2.75, 3.05) is 14.1 Å². The first-order valence-corrected chi connectivity index (χ1v) is 6.72. The molecule has 0 heterocycles. The van der Waals surface area contributed by atoms with Crippen LogP contribution in [-0.4, -0.2) is 41.9 Å². The highest BCUT2D eigenvalue weighted by molar-refractivity contribution is 6.50. The van der Waals surface area contributed by atoms with Crippen LogP contribution in [0.5, 0.6) is 0 Å². The zero-order chi connectivity index (χ0) is 20.2. The second-order valence-corrected chi connectivity index (χ2v) is 4.90. The Hall–Kier alpha value is -0.685. The third kappa shape index (κ3) is 68.7. The largest absolute Gasteiger partial charge is 0.673 e. The van der Waals surface area contributed by atoms with Gasteiger partial charge in [0.15, 0.2) is 0 Å². The van der Waals surface area contributed by atoms with Crippen molar-refractivity contribution in [2.45, 2.75) is 38.1 Å². The Bertz CT molecular complexity index is 237. The van der Waals surface area contributed by atoms with Crippen molar-refractivity contribution in [1.29, 1.82) is 0 Å². The number of quaternary nitrogens is 1. The van der Waals surface area contributed by atoms with E-state index in [1.807, 2.05) is 0 Å². The molecule has 0 saturated heterocycles. The molecule has 150 valence electrons. The third-order valence-electron chi connectivity index (χ3n) is 2.42. The summed E-state index contributed by atoms with van der Waals surface area (Å²) in [5, 5.41) is 0. The molecule has 1 fully saturated rings. The molecule has 0 aromatic carbocycles. The van der Waals surface area contributed by atoms with Gasteiger partial charge in [-0.2, -0.15) is 0 Å². The van der Waals surface area contributed by atoms with Gasteiger partial charge in [0.05, 0.1) is 20.1 Å².